The maximum Gasteiger partial charge on any atom is 0.251 e. The van der Waals surface area contributed by atoms with Crippen molar-refractivity contribution in [1.29, 1.82) is 0 Å². The van der Waals surface area contributed by atoms with Crippen molar-refractivity contribution in [2.75, 3.05) is 6.54 Å². The Morgan fingerprint density at radius 3 is 2.42 bits per heavy atom. The first-order valence-corrected chi connectivity index (χ1v) is 8.55. The van der Waals surface area contributed by atoms with Gasteiger partial charge in [0.25, 0.3) is 5.91 Å². The fourth-order valence-corrected chi connectivity index (χ4v) is 2.65. The number of nitrogens with one attached hydrogen (secondary N) is 1. The van der Waals surface area contributed by atoms with Crippen molar-refractivity contribution in [3.8, 4) is 0 Å². The third kappa shape index (κ3) is 4.90. The van der Waals surface area contributed by atoms with E-state index in [1.807, 2.05) is 43.3 Å². The molecule has 1 aromatic heterocycles. The highest BCUT2D eigenvalue weighted by molar-refractivity contribution is 5.94. The number of benzene rings is 1. The van der Waals surface area contributed by atoms with Crippen molar-refractivity contribution in [1.82, 2.24) is 15.2 Å². The number of carbonyl (C=O) groups excluding carboxylic acids is 1. The van der Waals surface area contributed by atoms with Crippen molar-refractivity contribution in [3.63, 3.8) is 0 Å². The highest BCUT2D eigenvalue weighted by Gasteiger charge is 2.12. The number of hydrogen-bond acceptors (Lipinski definition) is 3. The molecule has 128 valence electrons. The van der Waals surface area contributed by atoms with Crippen LogP contribution in [-0.4, -0.2) is 28.4 Å². The second-order valence-electron chi connectivity index (χ2n) is 6.34. The van der Waals surface area contributed by atoms with Gasteiger partial charge in [-0.05, 0) is 56.6 Å². The van der Waals surface area contributed by atoms with Crippen molar-refractivity contribution in [3.05, 3.63) is 65.5 Å². The maximum atomic E-state index is 12.4. The first-order chi connectivity index (χ1) is 11.5. The first kappa shape index (κ1) is 18.1. The largest absolute Gasteiger partial charge is 0.345 e. The lowest BCUT2D eigenvalue weighted by Gasteiger charge is -2.24. The van der Waals surface area contributed by atoms with E-state index in [1.165, 1.54) is 5.56 Å². The summed E-state index contributed by atoms with van der Waals surface area (Å²) < 4.78 is 0. The van der Waals surface area contributed by atoms with E-state index >= 15 is 0 Å². The molecular weight excluding hydrogens is 298 g/mol. The summed E-state index contributed by atoms with van der Waals surface area (Å²) in [6.45, 7) is 10.5. The van der Waals surface area contributed by atoms with Crippen molar-refractivity contribution in [2.24, 2.45) is 0 Å². The maximum absolute atomic E-state index is 12.4. The van der Waals surface area contributed by atoms with Gasteiger partial charge in [0.1, 0.15) is 0 Å². The van der Waals surface area contributed by atoms with Crippen LogP contribution in [0.2, 0.25) is 0 Å². The highest BCUT2D eigenvalue weighted by Crippen LogP contribution is 2.13. The number of carbonyl (C=O) groups is 1. The van der Waals surface area contributed by atoms with Gasteiger partial charge in [0.2, 0.25) is 0 Å². The summed E-state index contributed by atoms with van der Waals surface area (Å²) in [7, 11) is 0. The number of aromatic nitrogens is 1. The van der Waals surface area contributed by atoms with Crippen molar-refractivity contribution in [2.45, 2.75) is 46.3 Å². The van der Waals surface area contributed by atoms with Crippen LogP contribution in [0.5, 0.6) is 0 Å². The Hall–Kier alpha value is -2.20. The fourth-order valence-electron chi connectivity index (χ4n) is 2.65. The van der Waals surface area contributed by atoms with E-state index in [1.54, 1.807) is 12.4 Å². The van der Waals surface area contributed by atoms with Gasteiger partial charge in [0.05, 0.1) is 6.04 Å². The predicted octanol–water partition coefficient (Wildman–Crippen LogP) is 3.80. The minimum Gasteiger partial charge on any atom is -0.345 e. The molecule has 1 N–H and O–H groups in total. The number of amides is 1. The van der Waals surface area contributed by atoms with Crippen molar-refractivity contribution >= 4 is 5.91 Å². The van der Waals surface area contributed by atoms with Gasteiger partial charge in [-0.1, -0.05) is 25.1 Å². The molecule has 0 fully saturated rings. The third-order valence-corrected chi connectivity index (χ3v) is 4.27. The van der Waals surface area contributed by atoms with Crippen LogP contribution in [-0.2, 0) is 6.54 Å². The Kier molecular flexibility index (Phi) is 6.50. The van der Waals surface area contributed by atoms with Gasteiger partial charge in [0.15, 0.2) is 0 Å². The average molecular weight is 325 g/mol. The SMILES string of the molecule is CCN(Cc1ccc(C(=O)N[C@@H](C)c2cccnc2)cc1)C(C)C. The number of rotatable bonds is 7. The summed E-state index contributed by atoms with van der Waals surface area (Å²) in [5, 5.41) is 3.01. The molecule has 24 heavy (non-hydrogen) atoms. The standard InChI is InChI=1S/C20H27N3O/c1-5-23(15(2)3)14-17-8-10-18(11-9-17)20(24)22-16(4)19-7-6-12-21-13-19/h6-13,15-16H,5,14H2,1-4H3,(H,22,24)/t16-/m0/s1. The topological polar surface area (TPSA) is 45.2 Å². The zero-order valence-corrected chi connectivity index (χ0v) is 15.0. The lowest BCUT2D eigenvalue weighted by Crippen LogP contribution is -2.30. The van der Waals surface area contributed by atoms with Crippen LogP contribution in [0.4, 0.5) is 0 Å². The van der Waals surface area contributed by atoms with Crippen LogP contribution in [0.3, 0.4) is 0 Å². The Balaban J connectivity index is 1.98. The normalized spacial score (nSPS) is 12.4. The van der Waals surface area contributed by atoms with E-state index in [9.17, 15) is 4.79 Å². The molecule has 1 heterocycles. The molecule has 0 unspecified atom stereocenters. The van der Waals surface area contributed by atoms with Gasteiger partial charge in [0, 0.05) is 30.5 Å². The number of hydrogen-bond donors (Lipinski definition) is 1. The zero-order chi connectivity index (χ0) is 17.5. The van der Waals surface area contributed by atoms with E-state index in [2.05, 4.69) is 36.0 Å². The van der Waals surface area contributed by atoms with Gasteiger partial charge < -0.3 is 5.32 Å². The molecule has 0 aliphatic rings. The molecule has 0 spiro atoms. The molecule has 0 radical (unpaired) electrons. The molecule has 1 aromatic carbocycles. The Labute approximate surface area is 144 Å². The molecule has 0 bridgehead atoms. The third-order valence-electron chi connectivity index (χ3n) is 4.27. The minimum absolute atomic E-state index is 0.0610. The smallest absolute Gasteiger partial charge is 0.251 e. The van der Waals surface area contributed by atoms with Gasteiger partial charge >= 0.3 is 0 Å². The second kappa shape index (κ2) is 8.60. The predicted molar refractivity (Wildman–Crippen MR) is 97.8 cm³/mol. The summed E-state index contributed by atoms with van der Waals surface area (Å²) in [4.78, 5) is 18.9. The van der Waals surface area contributed by atoms with Crippen LogP contribution >= 0.6 is 0 Å². The Morgan fingerprint density at radius 2 is 1.88 bits per heavy atom. The molecule has 0 saturated carbocycles. The Bertz CT molecular complexity index is 638. The zero-order valence-electron chi connectivity index (χ0n) is 15.0. The average Bonchev–Trinajstić information content (AvgIpc) is 2.60. The quantitative estimate of drug-likeness (QED) is 0.842. The fraction of sp³-hybridized carbons (Fsp3) is 0.400. The molecular formula is C20H27N3O. The molecule has 1 atom stereocenters. The van der Waals surface area contributed by atoms with Gasteiger partial charge in [-0.25, -0.2) is 0 Å². The van der Waals surface area contributed by atoms with E-state index in [4.69, 9.17) is 0 Å². The van der Waals surface area contributed by atoms with Crippen LogP contribution in [0.15, 0.2) is 48.8 Å². The molecule has 4 nitrogen and oxygen atoms in total. The number of nitrogens with zero attached hydrogens (tertiary/aromatic N) is 2. The lowest BCUT2D eigenvalue weighted by atomic mass is 10.1. The summed E-state index contributed by atoms with van der Waals surface area (Å²) in [5.74, 6) is -0.0610. The summed E-state index contributed by atoms with van der Waals surface area (Å²) >= 11 is 0. The van der Waals surface area contributed by atoms with Gasteiger partial charge in [-0.2, -0.15) is 0 Å². The van der Waals surface area contributed by atoms with Crippen molar-refractivity contribution < 1.29 is 4.79 Å². The van der Waals surface area contributed by atoms with Crippen LogP contribution in [0.25, 0.3) is 0 Å². The number of pyridine rings is 1. The lowest BCUT2D eigenvalue weighted by molar-refractivity contribution is 0.0940. The van der Waals surface area contributed by atoms with Crippen LogP contribution in [0.1, 0.15) is 55.2 Å². The van der Waals surface area contributed by atoms with Crippen LogP contribution in [0, 0.1) is 0 Å². The Morgan fingerprint density at radius 1 is 1.17 bits per heavy atom. The van der Waals surface area contributed by atoms with E-state index in [0.29, 0.717) is 11.6 Å². The van der Waals surface area contributed by atoms with Gasteiger partial charge in [-0.3, -0.25) is 14.7 Å². The first-order valence-electron chi connectivity index (χ1n) is 8.55. The molecule has 2 aromatic rings. The second-order valence-corrected chi connectivity index (χ2v) is 6.34. The molecule has 2 rings (SSSR count). The van der Waals surface area contributed by atoms with E-state index in [0.717, 1.165) is 18.7 Å². The van der Waals surface area contributed by atoms with E-state index < -0.39 is 0 Å². The molecule has 0 aliphatic heterocycles. The summed E-state index contributed by atoms with van der Waals surface area (Å²) in [6, 6.07) is 12.2. The van der Waals surface area contributed by atoms with E-state index in [-0.39, 0.29) is 11.9 Å². The molecule has 4 heteroatoms. The monoisotopic (exact) mass is 325 g/mol. The highest BCUT2D eigenvalue weighted by atomic mass is 16.1. The van der Waals surface area contributed by atoms with Gasteiger partial charge in [-0.15, -0.1) is 0 Å². The molecule has 0 aliphatic carbocycles. The van der Waals surface area contributed by atoms with Crippen LogP contribution < -0.4 is 5.32 Å². The minimum atomic E-state index is -0.0672. The molecule has 1 amide bonds. The molecule has 0 saturated heterocycles. The summed E-state index contributed by atoms with van der Waals surface area (Å²) in [5.41, 5.74) is 2.91. The summed E-state index contributed by atoms with van der Waals surface area (Å²) in [6.07, 6.45) is 3.51.